The standard InChI is InChI=1S/C28H31Cl2N3O4S/c1-20(2)31-28(35)26(17-21-10-5-4-6-11-21)32(18-22-12-9-13-23(29)16-22)27(34)19-33(38(3,36)37)25-15-8-7-14-24(25)30/h4-16,20,26H,17-19H2,1-3H3,(H,31,35)/t26-/m1/s1. The van der Waals surface area contributed by atoms with Gasteiger partial charge in [-0.25, -0.2) is 8.42 Å². The molecule has 0 unspecified atom stereocenters. The van der Waals surface area contributed by atoms with Gasteiger partial charge in [-0.3, -0.25) is 13.9 Å². The molecule has 0 spiro atoms. The molecular formula is C28H31Cl2N3O4S. The Kier molecular flexibility index (Phi) is 10.2. The summed E-state index contributed by atoms with van der Waals surface area (Å²) >= 11 is 12.5. The van der Waals surface area contributed by atoms with Gasteiger partial charge >= 0.3 is 0 Å². The van der Waals surface area contributed by atoms with E-state index >= 15 is 0 Å². The lowest BCUT2D eigenvalue weighted by atomic mass is 10.0. The maximum atomic E-state index is 14.0. The topological polar surface area (TPSA) is 86.8 Å². The van der Waals surface area contributed by atoms with Crippen molar-refractivity contribution < 1.29 is 18.0 Å². The summed E-state index contributed by atoms with van der Waals surface area (Å²) in [5.41, 5.74) is 1.73. The second kappa shape index (κ2) is 13.1. The molecule has 0 aliphatic rings. The molecule has 0 saturated heterocycles. The number of nitrogens with zero attached hydrogens (tertiary/aromatic N) is 2. The van der Waals surface area contributed by atoms with E-state index in [1.54, 1.807) is 42.5 Å². The second-order valence-electron chi connectivity index (χ2n) is 9.24. The van der Waals surface area contributed by atoms with Crippen LogP contribution in [0.25, 0.3) is 0 Å². The van der Waals surface area contributed by atoms with E-state index in [9.17, 15) is 18.0 Å². The minimum atomic E-state index is -3.89. The maximum absolute atomic E-state index is 14.0. The molecule has 2 amide bonds. The van der Waals surface area contributed by atoms with Crippen molar-refractivity contribution in [2.45, 2.75) is 38.9 Å². The Morgan fingerprint density at radius 2 is 1.53 bits per heavy atom. The number of rotatable bonds is 11. The van der Waals surface area contributed by atoms with E-state index in [4.69, 9.17) is 23.2 Å². The third-order valence-corrected chi connectivity index (χ3v) is 7.43. The molecule has 3 aromatic carbocycles. The van der Waals surface area contributed by atoms with Crippen LogP contribution in [0.5, 0.6) is 0 Å². The smallest absolute Gasteiger partial charge is 0.244 e. The van der Waals surface area contributed by atoms with Crippen LogP contribution in [-0.4, -0.2) is 50.0 Å². The minimum Gasteiger partial charge on any atom is -0.352 e. The van der Waals surface area contributed by atoms with Crippen LogP contribution in [0.2, 0.25) is 10.0 Å². The maximum Gasteiger partial charge on any atom is 0.244 e. The molecule has 0 heterocycles. The molecule has 0 aliphatic heterocycles. The van der Waals surface area contributed by atoms with Crippen molar-refractivity contribution in [1.29, 1.82) is 0 Å². The monoisotopic (exact) mass is 575 g/mol. The number of amides is 2. The summed E-state index contributed by atoms with van der Waals surface area (Å²) < 4.78 is 26.5. The first kappa shape index (κ1) is 29.5. The molecule has 0 fully saturated rings. The molecule has 0 saturated carbocycles. The van der Waals surface area contributed by atoms with E-state index in [2.05, 4.69) is 5.32 Å². The first-order valence-corrected chi connectivity index (χ1v) is 14.7. The van der Waals surface area contributed by atoms with Gasteiger partial charge in [-0.2, -0.15) is 0 Å². The van der Waals surface area contributed by atoms with Gasteiger partial charge in [0.25, 0.3) is 0 Å². The fraction of sp³-hybridized carbons (Fsp3) is 0.286. The van der Waals surface area contributed by atoms with Crippen LogP contribution in [0.3, 0.4) is 0 Å². The number of nitrogens with one attached hydrogen (secondary N) is 1. The SMILES string of the molecule is CC(C)NC(=O)[C@@H](Cc1ccccc1)N(Cc1cccc(Cl)c1)C(=O)CN(c1ccccc1Cl)S(C)(=O)=O. The van der Waals surface area contributed by atoms with E-state index in [-0.39, 0.29) is 35.6 Å². The number of carbonyl (C=O) groups is 2. The third-order valence-electron chi connectivity index (χ3n) is 5.74. The Balaban J connectivity index is 2.07. The Bertz CT molecular complexity index is 1370. The van der Waals surface area contributed by atoms with Gasteiger partial charge in [0.05, 0.1) is 17.0 Å². The summed E-state index contributed by atoms with van der Waals surface area (Å²) in [5.74, 6) is -0.905. The van der Waals surface area contributed by atoms with Crippen molar-refractivity contribution in [1.82, 2.24) is 10.2 Å². The number of halogens is 2. The van der Waals surface area contributed by atoms with E-state index < -0.39 is 28.5 Å². The first-order chi connectivity index (χ1) is 18.0. The van der Waals surface area contributed by atoms with Gasteiger partial charge in [0.15, 0.2) is 0 Å². The summed E-state index contributed by atoms with van der Waals surface area (Å²) in [6.45, 7) is 3.18. The van der Waals surface area contributed by atoms with Crippen LogP contribution >= 0.6 is 23.2 Å². The number of anilines is 1. The Labute approximate surface area is 234 Å². The van der Waals surface area contributed by atoms with Crippen LogP contribution in [0.15, 0.2) is 78.9 Å². The van der Waals surface area contributed by atoms with Crippen molar-refractivity contribution in [2.75, 3.05) is 17.1 Å². The van der Waals surface area contributed by atoms with Gasteiger partial charge in [0, 0.05) is 24.0 Å². The lowest BCUT2D eigenvalue weighted by Gasteiger charge is -2.34. The molecule has 38 heavy (non-hydrogen) atoms. The Morgan fingerprint density at radius 1 is 0.895 bits per heavy atom. The summed E-state index contributed by atoms with van der Waals surface area (Å²) in [4.78, 5) is 28.9. The Morgan fingerprint density at radius 3 is 2.13 bits per heavy atom. The van der Waals surface area contributed by atoms with Crippen LogP contribution < -0.4 is 9.62 Å². The van der Waals surface area contributed by atoms with Crippen LogP contribution in [-0.2, 0) is 32.6 Å². The van der Waals surface area contributed by atoms with Gasteiger partial charge in [-0.05, 0) is 49.2 Å². The normalized spacial score (nSPS) is 12.2. The number of para-hydroxylation sites is 1. The molecule has 0 aliphatic carbocycles. The van der Waals surface area contributed by atoms with E-state index in [1.807, 2.05) is 44.2 Å². The summed E-state index contributed by atoms with van der Waals surface area (Å²) in [6, 6.07) is 21.6. The van der Waals surface area contributed by atoms with Gasteiger partial charge in [-0.1, -0.05) is 77.8 Å². The lowest BCUT2D eigenvalue weighted by molar-refractivity contribution is -0.140. The summed E-state index contributed by atoms with van der Waals surface area (Å²) in [7, 11) is -3.89. The largest absolute Gasteiger partial charge is 0.352 e. The molecule has 7 nitrogen and oxygen atoms in total. The number of hydrogen-bond acceptors (Lipinski definition) is 4. The van der Waals surface area contributed by atoms with Crippen molar-refractivity contribution in [3.8, 4) is 0 Å². The highest BCUT2D eigenvalue weighted by Crippen LogP contribution is 2.28. The zero-order valence-corrected chi connectivity index (χ0v) is 23.8. The third kappa shape index (κ3) is 8.21. The van der Waals surface area contributed by atoms with Gasteiger partial charge in [0.2, 0.25) is 21.8 Å². The molecule has 1 atom stereocenters. The molecule has 0 radical (unpaired) electrons. The predicted molar refractivity (Wildman–Crippen MR) is 153 cm³/mol. The average Bonchev–Trinajstić information content (AvgIpc) is 2.84. The zero-order chi connectivity index (χ0) is 27.9. The van der Waals surface area contributed by atoms with Gasteiger partial charge < -0.3 is 10.2 Å². The number of benzene rings is 3. The minimum absolute atomic E-state index is 0.0442. The molecule has 10 heteroatoms. The van der Waals surface area contributed by atoms with Crippen molar-refractivity contribution >= 4 is 50.7 Å². The molecular weight excluding hydrogens is 545 g/mol. The average molecular weight is 577 g/mol. The molecule has 0 bridgehead atoms. The number of carbonyl (C=O) groups excluding carboxylic acids is 2. The van der Waals surface area contributed by atoms with Crippen LogP contribution in [0.1, 0.15) is 25.0 Å². The summed E-state index contributed by atoms with van der Waals surface area (Å²) in [5, 5.41) is 3.58. The predicted octanol–water partition coefficient (Wildman–Crippen LogP) is 4.92. The van der Waals surface area contributed by atoms with E-state index in [0.29, 0.717) is 10.6 Å². The lowest BCUT2D eigenvalue weighted by Crippen LogP contribution is -2.54. The molecule has 0 aromatic heterocycles. The number of sulfonamides is 1. The van der Waals surface area contributed by atoms with Crippen molar-refractivity contribution in [2.24, 2.45) is 0 Å². The van der Waals surface area contributed by atoms with E-state index in [1.165, 1.54) is 11.0 Å². The number of hydrogen-bond donors (Lipinski definition) is 1. The van der Waals surface area contributed by atoms with Crippen LogP contribution in [0.4, 0.5) is 5.69 Å². The summed E-state index contributed by atoms with van der Waals surface area (Å²) in [6.07, 6.45) is 1.24. The fourth-order valence-electron chi connectivity index (χ4n) is 4.02. The molecule has 202 valence electrons. The Hall–Kier alpha value is -3.07. The van der Waals surface area contributed by atoms with Crippen molar-refractivity contribution in [3.63, 3.8) is 0 Å². The quantitative estimate of drug-likeness (QED) is 0.351. The van der Waals surface area contributed by atoms with E-state index in [0.717, 1.165) is 16.1 Å². The molecule has 3 aromatic rings. The molecule has 3 rings (SSSR count). The van der Waals surface area contributed by atoms with Crippen LogP contribution in [0, 0.1) is 0 Å². The van der Waals surface area contributed by atoms with Gasteiger partial charge in [-0.15, -0.1) is 0 Å². The highest BCUT2D eigenvalue weighted by molar-refractivity contribution is 7.92. The highest BCUT2D eigenvalue weighted by atomic mass is 35.5. The fourth-order valence-corrected chi connectivity index (χ4v) is 5.38. The zero-order valence-electron chi connectivity index (χ0n) is 21.5. The van der Waals surface area contributed by atoms with Crippen molar-refractivity contribution in [3.05, 3.63) is 100 Å². The highest BCUT2D eigenvalue weighted by Gasteiger charge is 2.33. The first-order valence-electron chi connectivity index (χ1n) is 12.1. The van der Waals surface area contributed by atoms with Gasteiger partial charge in [0.1, 0.15) is 12.6 Å². The molecule has 1 N–H and O–H groups in total. The second-order valence-corrected chi connectivity index (χ2v) is 12.0.